The monoisotopic (exact) mass is 309 g/mol. The van der Waals surface area contributed by atoms with E-state index in [4.69, 9.17) is 0 Å². The summed E-state index contributed by atoms with van der Waals surface area (Å²) in [7, 11) is 1.83. The van der Waals surface area contributed by atoms with Crippen molar-refractivity contribution in [1.82, 2.24) is 15.1 Å². The predicted molar refractivity (Wildman–Crippen MR) is 76.3 cm³/mol. The van der Waals surface area contributed by atoms with Gasteiger partial charge in [-0.1, -0.05) is 22.0 Å². The van der Waals surface area contributed by atoms with Gasteiger partial charge in [-0.05, 0) is 38.6 Å². The van der Waals surface area contributed by atoms with E-state index in [1.807, 2.05) is 43.8 Å². The molecule has 1 heterocycles. The first-order chi connectivity index (χ1) is 8.54. The molecule has 0 saturated heterocycles. The van der Waals surface area contributed by atoms with Gasteiger partial charge in [0.05, 0.1) is 11.3 Å². The minimum atomic E-state index is -0.0430. The summed E-state index contributed by atoms with van der Waals surface area (Å²) in [5.74, 6) is 0. The van der Waals surface area contributed by atoms with Crippen molar-refractivity contribution in [2.24, 2.45) is 0 Å². The maximum Gasteiger partial charge on any atom is 0.269 e. The number of nitrogens with zero attached hydrogens (tertiary/aromatic N) is 1. The Hall–Kier alpha value is -1.33. The van der Waals surface area contributed by atoms with E-state index in [0.29, 0.717) is 6.54 Å². The largest absolute Gasteiger partial charge is 0.315 e. The van der Waals surface area contributed by atoms with Crippen LogP contribution in [0.2, 0.25) is 0 Å². The van der Waals surface area contributed by atoms with Gasteiger partial charge in [-0.15, -0.1) is 0 Å². The average Bonchev–Trinajstić information content (AvgIpc) is 2.61. The predicted octanol–water partition coefficient (Wildman–Crippen LogP) is 2.26. The first kappa shape index (κ1) is 13.1. The lowest BCUT2D eigenvalue weighted by Gasteiger charge is -2.08. The Kier molecular flexibility index (Phi) is 3.73. The fourth-order valence-corrected chi connectivity index (χ4v) is 2.28. The molecule has 18 heavy (non-hydrogen) atoms. The Morgan fingerprint density at radius 1 is 1.39 bits per heavy atom. The van der Waals surface area contributed by atoms with Crippen LogP contribution in [0.15, 0.2) is 27.5 Å². The van der Waals surface area contributed by atoms with E-state index < -0.39 is 0 Å². The van der Waals surface area contributed by atoms with Gasteiger partial charge in [0, 0.05) is 16.7 Å². The molecule has 0 aliphatic heterocycles. The number of rotatable bonds is 3. The normalized spacial score (nSPS) is 10.9. The molecule has 0 amide bonds. The van der Waals surface area contributed by atoms with E-state index >= 15 is 0 Å². The number of benzene rings is 1. The molecule has 0 aliphatic carbocycles. The van der Waals surface area contributed by atoms with E-state index in [1.54, 1.807) is 0 Å². The Morgan fingerprint density at radius 2 is 2.11 bits per heavy atom. The Labute approximate surface area is 114 Å². The van der Waals surface area contributed by atoms with Gasteiger partial charge in [-0.3, -0.25) is 14.6 Å². The molecule has 0 saturated carbocycles. The van der Waals surface area contributed by atoms with E-state index in [2.05, 4.69) is 26.3 Å². The van der Waals surface area contributed by atoms with E-state index in [1.165, 1.54) is 5.56 Å². The number of H-pyrrole nitrogens is 1. The van der Waals surface area contributed by atoms with Crippen LogP contribution in [0.4, 0.5) is 0 Å². The number of halogens is 1. The Morgan fingerprint density at radius 3 is 2.72 bits per heavy atom. The highest BCUT2D eigenvalue weighted by Crippen LogP contribution is 2.20. The van der Waals surface area contributed by atoms with Gasteiger partial charge in [0.2, 0.25) is 0 Å². The van der Waals surface area contributed by atoms with Crippen LogP contribution >= 0.6 is 15.9 Å². The minimum absolute atomic E-state index is 0.0430. The Bertz CT molecular complexity index is 628. The second-order valence-electron chi connectivity index (χ2n) is 4.30. The van der Waals surface area contributed by atoms with Crippen molar-refractivity contribution in [1.29, 1.82) is 0 Å². The van der Waals surface area contributed by atoms with E-state index in [9.17, 15) is 4.79 Å². The van der Waals surface area contributed by atoms with Gasteiger partial charge in [-0.2, -0.15) is 0 Å². The van der Waals surface area contributed by atoms with Gasteiger partial charge in [0.1, 0.15) is 0 Å². The fraction of sp³-hybridized carbons (Fsp3) is 0.308. The molecule has 1 aromatic heterocycles. The SMILES string of the molecule is CNCc1c(C)n(-c2ccc(C)c(Br)c2)[nH]c1=O. The molecule has 96 valence electrons. The van der Waals surface area contributed by atoms with Crippen molar-refractivity contribution in [2.45, 2.75) is 20.4 Å². The summed E-state index contributed by atoms with van der Waals surface area (Å²) < 4.78 is 2.85. The van der Waals surface area contributed by atoms with Crippen molar-refractivity contribution >= 4 is 15.9 Å². The Balaban J connectivity index is 2.54. The number of nitrogens with one attached hydrogen (secondary N) is 2. The summed E-state index contributed by atoms with van der Waals surface area (Å²) in [6.45, 7) is 4.55. The average molecular weight is 310 g/mol. The highest BCUT2D eigenvalue weighted by Gasteiger charge is 2.11. The highest BCUT2D eigenvalue weighted by atomic mass is 79.9. The molecule has 4 nitrogen and oxygen atoms in total. The molecule has 0 unspecified atom stereocenters. The number of hydrogen-bond acceptors (Lipinski definition) is 2. The van der Waals surface area contributed by atoms with Crippen molar-refractivity contribution in [3.8, 4) is 5.69 Å². The minimum Gasteiger partial charge on any atom is -0.315 e. The van der Waals surface area contributed by atoms with Crippen molar-refractivity contribution in [2.75, 3.05) is 7.05 Å². The van der Waals surface area contributed by atoms with Crippen LogP contribution in [0.1, 0.15) is 16.8 Å². The van der Waals surface area contributed by atoms with Crippen LogP contribution in [0.3, 0.4) is 0 Å². The van der Waals surface area contributed by atoms with Gasteiger partial charge in [-0.25, -0.2) is 0 Å². The molecule has 0 spiro atoms. The maximum absolute atomic E-state index is 11.8. The lowest BCUT2D eigenvalue weighted by molar-refractivity contribution is 0.801. The van der Waals surface area contributed by atoms with Gasteiger partial charge < -0.3 is 5.32 Å². The lowest BCUT2D eigenvalue weighted by Crippen LogP contribution is -2.14. The molecule has 2 N–H and O–H groups in total. The number of hydrogen-bond donors (Lipinski definition) is 2. The van der Waals surface area contributed by atoms with Crippen molar-refractivity contribution < 1.29 is 0 Å². The standard InChI is InChI=1S/C13H16BrN3O/c1-8-4-5-10(6-12(8)14)17-9(2)11(7-15-3)13(18)16-17/h4-6,15H,7H2,1-3H3,(H,16,18). The highest BCUT2D eigenvalue weighted by molar-refractivity contribution is 9.10. The smallest absolute Gasteiger partial charge is 0.269 e. The third-order valence-electron chi connectivity index (χ3n) is 3.03. The van der Waals surface area contributed by atoms with Crippen LogP contribution < -0.4 is 10.9 Å². The second-order valence-corrected chi connectivity index (χ2v) is 5.16. The number of aryl methyl sites for hydroxylation is 1. The number of aromatic nitrogens is 2. The maximum atomic E-state index is 11.8. The van der Waals surface area contributed by atoms with Crippen LogP contribution in [-0.2, 0) is 6.54 Å². The summed E-state index contributed by atoms with van der Waals surface area (Å²) in [4.78, 5) is 11.8. The van der Waals surface area contributed by atoms with E-state index in [-0.39, 0.29) is 5.56 Å². The number of aromatic amines is 1. The molecule has 0 radical (unpaired) electrons. The summed E-state index contributed by atoms with van der Waals surface area (Å²) in [6.07, 6.45) is 0. The molecular formula is C13H16BrN3O. The first-order valence-electron chi connectivity index (χ1n) is 5.76. The first-order valence-corrected chi connectivity index (χ1v) is 6.55. The quantitative estimate of drug-likeness (QED) is 0.914. The summed E-state index contributed by atoms with van der Waals surface area (Å²) in [5.41, 5.74) is 3.78. The van der Waals surface area contributed by atoms with Gasteiger partial charge >= 0.3 is 0 Å². The summed E-state index contributed by atoms with van der Waals surface area (Å²) in [5, 5.41) is 5.87. The third kappa shape index (κ3) is 2.28. The topological polar surface area (TPSA) is 49.8 Å². The lowest BCUT2D eigenvalue weighted by atomic mass is 10.2. The molecule has 0 fully saturated rings. The van der Waals surface area contributed by atoms with Crippen LogP contribution in [0.5, 0.6) is 0 Å². The summed E-state index contributed by atoms with van der Waals surface area (Å²) in [6, 6.07) is 6.02. The zero-order valence-corrected chi connectivity index (χ0v) is 12.3. The summed E-state index contributed by atoms with van der Waals surface area (Å²) >= 11 is 3.51. The molecule has 0 bridgehead atoms. The van der Waals surface area contributed by atoms with Crippen LogP contribution in [-0.4, -0.2) is 16.8 Å². The molecule has 0 atom stereocenters. The van der Waals surface area contributed by atoms with E-state index in [0.717, 1.165) is 21.4 Å². The zero-order chi connectivity index (χ0) is 13.3. The molecule has 1 aromatic carbocycles. The van der Waals surface area contributed by atoms with Crippen LogP contribution in [0, 0.1) is 13.8 Å². The molecule has 2 aromatic rings. The van der Waals surface area contributed by atoms with Crippen molar-refractivity contribution in [3.05, 3.63) is 49.8 Å². The van der Waals surface area contributed by atoms with Gasteiger partial charge in [0.25, 0.3) is 5.56 Å². The van der Waals surface area contributed by atoms with Gasteiger partial charge in [0.15, 0.2) is 0 Å². The molecule has 2 rings (SSSR count). The molecular weight excluding hydrogens is 294 g/mol. The molecule has 0 aliphatic rings. The zero-order valence-electron chi connectivity index (χ0n) is 10.7. The third-order valence-corrected chi connectivity index (χ3v) is 3.88. The van der Waals surface area contributed by atoms with Crippen LogP contribution in [0.25, 0.3) is 5.69 Å². The van der Waals surface area contributed by atoms with Crippen molar-refractivity contribution in [3.63, 3.8) is 0 Å². The fourth-order valence-electron chi connectivity index (χ4n) is 1.92. The second kappa shape index (κ2) is 5.12. The molecule has 5 heteroatoms.